The molecular formula is C11H10ClNO2. The van der Waals surface area contributed by atoms with Crippen molar-refractivity contribution >= 4 is 28.5 Å². The van der Waals surface area contributed by atoms with Gasteiger partial charge >= 0.3 is 0 Å². The van der Waals surface area contributed by atoms with Crippen LogP contribution in [-0.2, 0) is 6.42 Å². The zero-order chi connectivity index (χ0) is 10.8. The van der Waals surface area contributed by atoms with E-state index in [1.165, 1.54) is 0 Å². The number of nitrogens with zero attached hydrogens (tertiary/aromatic N) is 1. The number of benzene rings is 1. The van der Waals surface area contributed by atoms with Crippen LogP contribution in [0.1, 0.15) is 23.2 Å². The third kappa shape index (κ3) is 1.88. The Balaban J connectivity index is 2.50. The van der Waals surface area contributed by atoms with Crippen molar-refractivity contribution in [3.05, 3.63) is 29.7 Å². The first-order valence-corrected chi connectivity index (χ1v) is 5.26. The Hall–Kier alpha value is -1.35. The minimum atomic E-state index is -0.0976. The number of alkyl halides is 1. The summed E-state index contributed by atoms with van der Waals surface area (Å²) in [6, 6.07) is 5.17. The molecule has 0 radical (unpaired) electrons. The number of ketones is 1. The largest absolute Gasteiger partial charge is 0.441 e. The second kappa shape index (κ2) is 4.03. The average Bonchev–Trinajstić information content (AvgIpc) is 2.69. The first-order chi connectivity index (χ1) is 7.24. The average molecular weight is 224 g/mol. The number of carbonyl (C=O) groups excluding carboxylic acids is 1. The van der Waals surface area contributed by atoms with Crippen LogP contribution >= 0.6 is 11.6 Å². The lowest BCUT2D eigenvalue weighted by atomic mass is 10.1. The molecule has 0 spiro atoms. The van der Waals surface area contributed by atoms with Gasteiger partial charge in [-0.25, -0.2) is 4.98 Å². The lowest BCUT2D eigenvalue weighted by Crippen LogP contribution is -1.99. The van der Waals surface area contributed by atoms with Gasteiger partial charge < -0.3 is 4.42 Å². The number of hydrogen-bond acceptors (Lipinski definition) is 3. The predicted molar refractivity (Wildman–Crippen MR) is 58.4 cm³/mol. The van der Waals surface area contributed by atoms with Crippen LogP contribution in [0.4, 0.5) is 0 Å². The predicted octanol–water partition coefficient (Wildman–Crippen LogP) is 2.81. The van der Waals surface area contributed by atoms with E-state index in [-0.39, 0.29) is 11.7 Å². The third-order valence-electron chi connectivity index (χ3n) is 2.18. The summed E-state index contributed by atoms with van der Waals surface area (Å²) in [5.41, 5.74) is 1.99. The molecule has 1 aromatic heterocycles. The van der Waals surface area contributed by atoms with Crippen molar-refractivity contribution in [1.29, 1.82) is 0 Å². The lowest BCUT2D eigenvalue weighted by Gasteiger charge is -1.94. The molecule has 0 saturated carbocycles. The Labute approximate surface area is 92.1 Å². The van der Waals surface area contributed by atoms with E-state index in [2.05, 4.69) is 4.98 Å². The van der Waals surface area contributed by atoms with E-state index in [0.29, 0.717) is 22.6 Å². The van der Waals surface area contributed by atoms with Gasteiger partial charge in [0.1, 0.15) is 5.52 Å². The van der Waals surface area contributed by atoms with Crippen molar-refractivity contribution in [2.75, 3.05) is 5.88 Å². The first kappa shape index (κ1) is 10.2. The number of oxazole rings is 1. The Kier molecular flexibility index (Phi) is 2.73. The summed E-state index contributed by atoms with van der Waals surface area (Å²) >= 11 is 5.48. The van der Waals surface area contributed by atoms with Crippen LogP contribution in [0.2, 0.25) is 0 Å². The molecule has 0 aliphatic carbocycles. The van der Waals surface area contributed by atoms with Gasteiger partial charge in [-0.3, -0.25) is 4.79 Å². The standard InChI is InChI=1S/C11H10ClNO2/c1-2-11-13-8-5-7(9(14)6-12)3-4-10(8)15-11/h3-5H,2,6H2,1H3. The molecule has 3 nitrogen and oxygen atoms in total. The van der Waals surface area contributed by atoms with Crippen molar-refractivity contribution in [3.63, 3.8) is 0 Å². The molecule has 0 amide bonds. The second-order valence-electron chi connectivity index (χ2n) is 3.20. The molecule has 78 valence electrons. The number of fused-ring (bicyclic) bond motifs is 1. The van der Waals surface area contributed by atoms with Crippen molar-refractivity contribution in [1.82, 2.24) is 4.98 Å². The van der Waals surface area contributed by atoms with Gasteiger partial charge in [-0.1, -0.05) is 6.92 Å². The summed E-state index contributed by atoms with van der Waals surface area (Å²) < 4.78 is 5.43. The summed E-state index contributed by atoms with van der Waals surface area (Å²) in [6.45, 7) is 1.97. The molecule has 4 heteroatoms. The number of rotatable bonds is 3. The van der Waals surface area contributed by atoms with Crippen LogP contribution in [-0.4, -0.2) is 16.6 Å². The molecule has 0 aliphatic heterocycles. The van der Waals surface area contributed by atoms with Crippen LogP contribution in [0.3, 0.4) is 0 Å². The van der Waals surface area contributed by atoms with Crippen molar-refractivity contribution < 1.29 is 9.21 Å². The highest BCUT2D eigenvalue weighted by Gasteiger charge is 2.08. The fourth-order valence-electron chi connectivity index (χ4n) is 1.38. The van der Waals surface area contributed by atoms with E-state index in [4.69, 9.17) is 16.0 Å². The molecule has 2 rings (SSSR count). The van der Waals surface area contributed by atoms with Gasteiger partial charge in [0.2, 0.25) is 0 Å². The van der Waals surface area contributed by atoms with Gasteiger partial charge in [-0.05, 0) is 18.2 Å². The summed E-state index contributed by atoms with van der Waals surface area (Å²) in [7, 11) is 0. The molecular weight excluding hydrogens is 214 g/mol. The van der Waals surface area contributed by atoms with Gasteiger partial charge in [0.05, 0.1) is 5.88 Å². The van der Waals surface area contributed by atoms with Gasteiger partial charge in [0.15, 0.2) is 17.3 Å². The summed E-state index contributed by atoms with van der Waals surface area (Å²) in [4.78, 5) is 15.6. The smallest absolute Gasteiger partial charge is 0.195 e. The molecule has 0 N–H and O–H groups in total. The van der Waals surface area contributed by atoms with Gasteiger partial charge in [0.25, 0.3) is 0 Å². The van der Waals surface area contributed by atoms with Crippen molar-refractivity contribution in [3.8, 4) is 0 Å². The molecule has 0 fully saturated rings. The Bertz CT molecular complexity index is 504. The summed E-state index contributed by atoms with van der Waals surface area (Å²) in [6.07, 6.45) is 0.744. The summed E-state index contributed by atoms with van der Waals surface area (Å²) in [5.74, 6) is 0.573. The lowest BCUT2D eigenvalue weighted by molar-refractivity contribution is 0.102. The number of carbonyl (C=O) groups is 1. The van der Waals surface area contributed by atoms with Crippen molar-refractivity contribution in [2.24, 2.45) is 0 Å². The number of Topliss-reactive ketones (excluding diaryl/α,β-unsaturated/α-hetero) is 1. The summed E-state index contributed by atoms with van der Waals surface area (Å²) in [5, 5.41) is 0. The minimum absolute atomic E-state index is 0.00993. The van der Waals surface area contributed by atoms with E-state index in [1.807, 2.05) is 6.92 Å². The molecule has 1 aromatic carbocycles. The zero-order valence-electron chi connectivity index (χ0n) is 8.29. The maximum absolute atomic E-state index is 11.3. The van der Waals surface area contributed by atoms with E-state index >= 15 is 0 Å². The quantitative estimate of drug-likeness (QED) is 0.594. The highest BCUT2D eigenvalue weighted by molar-refractivity contribution is 6.30. The zero-order valence-corrected chi connectivity index (χ0v) is 9.04. The van der Waals surface area contributed by atoms with Crippen LogP contribution in [0.5, 0.6) is 0 Å². The van der Waals surface area contributed by atoms with E-state index in [0.717, 1.165) is 6.42 Å². The molecule has 0 atom stereocenters. The maximum atomic E-state index is 11.3. The topological polar surface area (TPSA) is 43.1 Å². The first-order valence-electron chi connectivity index (χ1n) is 4.73. The SMILES string of the molecule is CCc1nc2cc(C(=O)CCl)ccc2o1. The van der Waals surface area contributed by atoms with Crippen LogP contribution in [0.15, 0.2) is 22.6 Å². The van der Waals surface area contributed by atoms with Crippen LogP contribution in [0, 0.1) is 0 Å². The van der Waals surface area contributed by atoms with Crippen LogP contribution < -0.4 is 0 Å². The fraction of sp³-hybridized carbons (Fsp3) is 0.273. The van der Waals surface area contributed by atoms with Crippen molar-refractivity contribution in [2.45, 2.75) is 13.3 Å². The van der Waals surface area contributed by atoms with Gasteiger partial charge in [-0.15, -0.1) is 11.6 Å². The normalized spacial score (nSPS) is 10.8. The molecule has 2 aromatic rings. The Morgan fingerprint density at radius 3 is 3.00 bits per heavy atom. The van der Waals surface area contributed by atoms with Gasteiger partial charge in [0, 0.05) is 12.0 Å². The molecule has 15 heavy (non-hydrogen) atoms. The minimum Gasteiger partial charge on any atom is -0.441 e. The molecule has 0 saturated heterocycles. The number of hydrogen-bond donors (Lipinski definition) is 0. The second-order valence-corrected chi connectivity index (χ2v) is 3.47. The number of aryl methyl sites for hydroxylation is 1. The fourth-order valence-corrected chi connectivity index (χ4v) is 1.53. The maximum Gasteiger partial charge on any atom is 0.195 e. The highest BCUT2D eigenvalue weighted by atomic mass is 35.5. The monoisotopic (exact) mass is 223 g/mol. The number of aromatic nitrogens is 1. The molecule has 0 aliphatic rings. The van der Waals surface area contributed by atoms with Crippen LogP contribution in [0.25, 0.3) is 11.1 Å². The van der Waals surface area contributed by atoms with E-state index < -0.39 is 0 Å². The molecule has 0 bridgehead atoms. The third-order valence-corrected chi connectivity index (χ3v) is 2.42. The molecule has 0 unspecified atom stereocenters. The van der Waals surface area contributed by atoms with E-state index in [1.54, 1.807) is 18.2 Å². The van der Waals surface area contributed by atoms with E-state index in [9.17, 15) is 4.79 Å². The highest BCUT2D eigenvalue weighted by Crippen LogP contribution is 2.18. The number of halogens is 1. The van der Waals surface area contributed by atoms with Gasteiger partial charge in [-0.2, -0.15) is 0 Å². The Morgan fingerprint density at radius 2 is 2.33 bits per heavy atom. The Morgan fingerprint density at radius 1 is 1.53 bits per heavy atom. The molecule has 1 heterocycles.